The Bertz CT molecular complexity index is 568. The molecule has 2 aromatic rings. The predicted octanol–water partition coefficient (Wildman–Crippen LogP) is 6.94. The van der Waals surface area contributed by atoms with E-state index in [9.17, 15) is 4.39 Å². The van der Waals surface area contributed by atoms with Crippen LogP contribution in [0.4, 0.5) is 4.39 Å². The van der Waals surface area contributed by atoms with E-state index in [1.165, 1.54) is 28.7 Å². The molecule has 0 fully saturated rings. The van der Waals surface area contributed by atoms with Crippen molar-refractivity contribution in [2.45, 2.75) is 65.0 Å². The van der Waals surface area contributed by atoms with Crippen molar-refractivity contribution >= 4 is 0 Å². The number of benzene rings is 2. The van der Waals surface area contributed by atoms with E-state index in [2.05, 4.69) is 62.4 Å². The van der Waals surface area contributed by atoms with Gasteiger partial charge in [0.05, 0.1) is 0 Å². The number of hydrogen-bond acceptors (Lipinski definition) is 0. The molecule has 0 nitrogen and oxygen atoms in total. The molecule has 0 spiro atoms. The lowest BCUT2D eigenvalue weighted by Crippen LogP contribution is -2.05. The van der Waals surface area contributed by atoms with Crippen LogP contribution < -0.4 is 0 Å². The zero-order chi connectivity index (χ0) is 16.7. The summed E-state index contributed by atoms with van der Waals surface area (Å²) in [5.74, 6) is 0.275. The van der Waals surface area contributed by atoms with Crippen LogP contribution in [0.3, 0.4) is 0 Å². The Balaban J connectivity index is 2.03. The van der Waals surface area contributed by atoms with Crippen LogP contribution in [0.5, 0.6) is 0 Å². The van der Waals surface area contributed by atoms with Crippen LogP contribution in [0.1, 0.15) is 63.5 Å². The molecule has 0 saturated carbocycles. The molecule has 2 unspecified atom stereocenters. The van der Waals surface area contributed by atoms with Gasteiger partial charge in [0.1, 0.15) is 6.17 Å². The number of alkyl halides is 1. The van der Waals surface area contributed by atoms with Crippen LogP contribution in [-0.2, 0) is 6.42 Å². The zero-order valence-corrected chi connectivity index (χ0v) is 14.7. The highest BCUT2D eigenvalue weighted by Crippen LogP contribution is 2.27. The number of halogens is 1. The number of rotatable bonds is 8. The molecule has 0 aliphatic carbocycles. The average Bonchev–Trinajstić information content (AvgIpc) is 2.56. The SMILES string of the molecule is CCCc1ccc(-c2ccc(C(C)CC(F)CCC)cc2)cc1. The quantitative estimate of drug-likeness (QED) is 0.495. The van der Waals surface area contributed by atoms with E-state index in [1.54, 1.807) is 0 Å². The first-order chi connectivity index (χ1) is 11.1. The molecule has 124 valence electrons. The third kappa shape index (κ3) is 5.20. The topological polar surface area (TPSA) is 0 Å². The molecule has 0 aromatic heterocycles. The molecule has 0 aliphatic rings. The summed E-state index contributed by atoms with van der Waals surface area (Å²) in [5, 5.41) is 0. The van der Waals surface area contributed by atoms with Gasteiger partial charge in [-0.1, -0.05) is 82.1 Å². The van der Waals surface area contributed by atoms with Crippen LogP contribution >= 0.6 is 0 Å². The van der Waals surface area contributed by atoms with E-state index in [0.717, 1.165) is 12.8 Å². The molecule has 0 aliphatic heterocycles. The van der Waals surface area contributed by atoms with E-state index >= 15 is 0 Å². The lowest BCUT2D eigenvalue weighted by atomic mass is 9.92. The highest BCUT2D eigenvalue weighted by Gasteiger charge is 2.13. The summed E-state index contributed by atoms with van der Waals surface area (Å²) in [4.78, 5) is 0. The molecule has 0 radical (unpaired) electrons. The molecule has 2 aromatic carbocycles. The van der Waals surface area contributed by atoms with Crippen LogP contribution in [0.25, 0.3) is 11.1 Å². The Morgan fingerprint density at radius 1 is 0.826 bits per heavy atom. The third-order valence-electron chi connectivity index (χ3n) is 4.52. The van der Waals surface area contributed by atoms with Gasteiger partial charge in [0.2, 0.25) is 0 Å². The normalized spacial score (nSPS) is 13.7. The smallest absolute Gasteiger partial charge is 0.101 e. The molecule has 0 amide bonds. The van der Waals surface area contributed by atoms with Crippen molar-refractivity contribution in [1.29, 1.82) is 0 Å². The van der Waals surface area contributed by atoms with Gasteiger partial charge in [0.25, 0.3) is 0 Å². The average molecular weight is 312 g/mol. The maximum atomic E-state index is 13.8. The van der Waals surface area contributed by atoms with Crippen molar-refractivity contribution in [1.82, 2.24) is 0 Å². The largest absolute Gasteiger partial charge is 0.247 e. The molecule has 2 atom stereocenters. The molecule has 0 saturated heterocycles. The Kier molecular flexibility index (Phi) is 6.83. The van der Waals surface area contributed by atoms with Crippen molar-refractivity contribution in [2.24, 2.45) is 0 Å². The highest BCUT2D eigenvalue weighted by atomic mass is 19.1. The fourth-order valence-corrected chi connectivity index (χ4v) is 3.11. The fraction of sp³-hybridized carbons (Fsp3) is 0.455. The minimum absolute atomic E-state index is 0.275. The molecular formula is C22H29F. The summed E-state index contributed by atoms with van der Waals surface area (Å²) in [6.45, 7) is 6.37. The lowest BCUT2D eigenvalue weighted by Gasteiger charge is -2.15. The summed E-state index contributed by atoms with van der Waals surface area (Å²) in [6.07, 6.45) is 3.85. The number of hydrogen-bond donors (Lipinski definition) is 0. The van der Waals surface area contributed by atoms with Crippen LogP contribution in [0, 0.1) is 0 Å². The molecular weight excluding hydrogens is 283 g/mol. The van der Waals surface area contributed by atoms with Gasteiger partial charge in [-0.15, -0.1) is 0 Å². The second-order valence-corrected chi connectivity index (χ2v) is 6.59. The maximum absolute atomic E-state index is 13.8. The van der Waals surface area contributed by atoms with Crippen molar-refractivity contribution in [2.75, 3.05) is 0 Å². The van der Waals surface area contributed by atoms with Crippen LogP contribution in [0.2, 0.25) is 0 Å². The van der Waals surface area contributed by atoms with E-state index in [1.807, 2.05) is 6.92 Å². The second-order valence-electron chi connectivity index (χ2n) is 6.59. The van der Waals surface area contributed by atoms with Gasteiger partial charge >= 0.3 is 0 Å². The Morgan fingerprint density at radius 3 is 1.91 bits per heavy atom. The molecule has 2 rings (SSSR count). The van der Waals surface area contributed by atoms with Crippen molar-refractivity contribution in [3.05, 3.63) is 59.7 Å². The van der Waals surface area contributed by atoms with Gasteiger partial charge in [-0.05, 0) is 47.4 Å². The van der Waals surface area contributed by atoms with Crippen molar-refractivity contribution in [3.8, 4) is 11.1 Å². The van der Waals surface area contributed by atoms with E-state index in [0.29, 0.717) is 12.8 Å². The van der Waals surface area contributed by atoms with Gasteiger partial charge in [0, 0.05) is 0 Å². The molecule has 0 N–H and O–H groups in total. The van der Waals surface area contributed by atoms with Crippen molar-refractivity contribution < 1.29 is 4.39 Å². The second kappa shape index (κ2) is 8.86. The first kappa shape index (κ1) is 17.7. The molecule has 1 heteroatoms. The maximum Gasteiger partial charge on any atom is 0.101 e. The minimum Gasteiger partial charge on any atom is -0.247 e. The summed E-state index contributed by atoms with van der Waals surface area (Å²) >= 11 is 0. The molecule has 23 heavy (non-hydrogen) atoms. The summed E-state index contributed by atoms with van der Waals surface area (Å²) in [6, 6.07) is 17.4. The monoisotopic (exact) mass is 312 g/mol. The summed E-state index contributed by atoms with van der Waals surface area (Å²) in [7, 11) is 0. The summed E-state index contributed by atoms with van der Waals surface area (Å²) < 4.78 is 13.8. The van der Waals surface area contributed by atoms with E-state index in [4.69, 9.17) is 0 Å². The lowest BCUT2D eigenvalue weighted by molar-refractivity contribution is 0.280. The van der Waals surface area contributed by atoms with Gasteiger partial charge in [-0.3, -0.25) is 0 Å². The predicted molar refractivity (Wildman–Crippen MR) is 98.7 cm³/mol. The minimum atomic E-state index is -0.680. The first-order valence-corrected chi connectivity index (χ1v) is 8.97. The van der Waals surface area contributed by atoms with Crippen LogP contribution in [-0.4, -0.2) is 6.17 Å². The van der Waals surface area contributed by atoms with Crippen LogP contribution in [0.15, 0.2) is 48.5 Å². The molecule has 0 heterocycles. The van der Waals surface area contributed by atoms with Gasteiger partial charge in [0.15, 0.2) is 0 Å². The standard InChI is InChI=1S/C22H29F/c1-4-6-18-8-10-20(11-9-18)21-14-12-19(13-15-21)17(3)16-22(23)7-5-2/h8-15,17,22H,4-7,16H2,1-3H3. The Morgan fingerprint density at radius 2 is 1.39 bits per heavy atom. The van der Waals surface area contributed by atoms with Gasteiger partial charge < -0.3 is 0 Å². The van der Waals surface area contributed by atoms with Crippen molar-refractivity contribution in [3.63, 3.8) is 0 Å². The Labute approximate surface area is 140 Å². The van der Waals surface area contributed by atoms with E-state index in [-0.39, 0.29) is 5.92 Å². The molecule has 0 bridgehead atoms. The van der Waals surface area contributed by atoms with Gasteiger partial charge in [-0.2, -0.15) is 0 Å². The third-order valence-corrected chi connectivity index (χ3v) is 4.52. The Hall–Kier alpha value is -1.63. The van der Waals surface area contributed by atoms with E-state index < -0.39 is 6.17 Å². The van der Waals surface area contributed by atoms with Gasteiger partial charge in [-0.25, -0.2) is 4.39 Å². The first-order valence-electron chi connectivity index (χ1n) is 8.97. The highest BCUT2D eigenvalue weighted by molar-refractivity contribution is 5.64. The fourth-order valence-electron chi connectivity index (χ4n) is 3.11. The summed E-state index contributed by atoms with van der Waals surface area (Å²) in [5.41, 5.74) is 5.11. The number of aryl methyl sites for hydroxylation is 1. The zero-order valence-electron chi connectivity index (χ0n) is 14.7.